The maximum Gasteiger partial charge on any atom is 0.180 e. The van der Waals surface area contributed by atoms with Crippen molar-refractivity contribution in [1.29, 1.82) is 0 Å². The van der Waals surface area contributed by atoms with Gasteiger partial charge in [-0.2, -0.15) is 0 Å². The highest BCUT2D eigenvalue weighted by molar-refractivity contribution is 6.14. The first-order valence-electron chi connectivity index (χ1n) is 20.1. The molecule has 8 aromatic carbocycles. The van der Waals surface area contributed by atoms with Crippen LogP contribution in [0.3, 0.4) is 0 Å². The fourth-order valence-corrected chi connectivity index (χ4v) is 9.29. The summed E-state index contributed by atoms with van der Waals surface area (Å²) >= 11 is 0. The molecule has 0 saturated carbocycles. The summed E-state index contributed by atoms with van der Waals surface area (Å²) < 4.78 is 13.1. The minimum absolute atomic E-state index is 0.156. The number of aromatic nitrogens is 2. The third-order valence-electron chi connectivity index (χ3n) is 12.3. The summed E-state index contributed by atoms with van der Waals surface area (Å²) in [4.78, 5) is 10.6. The van der Waals surface area contributed by atoms with Gasteiger partial charge in [0.05, 0.1) is 0 Å². The van der Waals surface area contributed by atoms with Gasteiger partial charge < -0.3 is 8.83 Å². The van der Waals surface area contributed by atoms with Gasteiger partial charge in [0.15, 0.2) is 11.4 Å². The van der Waals surface area contributed by atoms with E-state index in [4.69, 9.17) is 18.8 Å². The Kier molecular flexibility index (Phi) is 7.24. The van der Waals surface area contributed by atoms with Crippen LogP contribution in [0.4, 0.5) is 0 Å². The predicted molar refractivity (Wildman–Crippen MR) is 241 cm³/mol. The minimum atomic E-state index is -0.156. The Morgan fingerprint density at radius 1 is 0.390 bits per heavy atom. The van der Waals surface area contributed by atoms with Crippen molar-refractivity contribution in [3.05, 3.63) is 193 Å². The first kappa shape index (κ1) is 33.6. The van der Waals surface area contributed by atoms with Crippen molar-refractivity contribution >= 4 is 44.0 Å². The molecule has 1 aliphatic carbocycles. The summed E-state index contributed by atoms with van der Waals surface area (Å²) in [6.07, 6.45) is 0. The molecule has 59 heavy (non-hydrogen) atoms. The number of furan rings is 2. The Hall–Kier alpha value is -7.56. The highest BCUT2D eigenvalue weighted by Gasteiger charge is 2.36. The molecule has 0 N–H and O–H groups in total. The fourth-order valence-electron chi connectivity index (χ4n) is 9.29. The van der Waals surface area contributed by atoms with Crippen LogP contribution in [0.1, 0.15) is 25.0 Å². The second-order valence-corrected chi connectivity index (χ2v) is 16.1. The van der Waals surface area contributed by atoms with E-state index in [0.29, 0.717) is 11.4 Å². The van der Waals surface area contributed by atoms with E-state index < -0.39 is 0 Å². The maximum absolute atomic E-state index is 6.58. The van der Waals surface area contributed by atoms with Gasteiger partial charge in [0, 0.05) is 32.7 Å². The van der Waals surface area contributed by atoms with Crippen LogP contribution in [0.5, 0.6) is 0 Å². The third kappa shape index (κ3) is 5.23. The predicted octanol–water partition coefficient (Wildman–Crippen LogP) is 14.9. The van der Waals surface area contributed by atoms with Crippen LogP contribution in [-0.4, -0.2) is 9.97 Å². The second kappa shape index (κ2) is 12.7. The van der Waals surface area contributed by atoms with Gasteiger partial charge in [-0.3, -0.25) is 0 Å². The van der Waals surface area contributed by atoms with Crippen LogP contribution in [-0.2, 0) is 5.41 Å². The highest BCUT2D eigenvalue weighted by Crippen LogP contribution is 2.51. The number of hydrogen-bond acceptors (Lipinski definition) is 4. The van der Waals surface area contributed by atoms with E-state index >= 15 is 0 Å². The largest absolute Gasteiger partial charge is 0.456 e. The van der Waals surface area contributed by atoms with Gasteiger partial charge in [0.25, 0.3) is 0 Å². The molecule has 0 aliphatic heterocycles. The molecule has 3 aromatic heterocycles. The Labute approximate surface area is 341 Å². The topological polar surface area (TPSA) is 52.1 Å². The first-order valence-corrected chi connectivity index (χ1v) is 20.1. The lowest BCUT2D eigenvalue weighted by molar-refractivity contribution is 0.661. The van der Waals surface area contributed by atoms with Crippen LogP contribution in [0.25, 0.3) is 111 Å². The lowest BCUT2D eigenvalue weighted by Gasteiger charge is -2.22. The standard InChI is InChI=1S/C55H36N2O2/c1-55(2)45-31-38(34-15-8-4-9-16-34)21-25-40(45)41-26-22-39(32-46(41)55)37-24-27-47-43(29-37)50-42(19-12-20-49(50)58-47)54-56-51(35-17-10-5-11-18-35)53-52(57-54)44-30-36(23-28-48(44)59-53)33-13-6-3-7-14-33/h3-32H,1-2H3. The summed E-state index contributed by atoms with van der Waals surface area (Å²) in [6.45, 7) is 4.70. The van der Waals surface area contributed by atoms with Crippen molar-refractivity contribution in [2.24, 2.45) is 0 Å². The van der Waals surface area contributed by atoms with Crippen molar-refractivity contribution in [2.75, 3.05) is 0 Å². The molecule has 4 nitrogen and oxygen atoms in total. The van der Waals surface area contributed by atoms with E-state index in [-0.39, 0.29) is 5.41 Å². The summed E-state index contributed by atoms with van der Waals surface area (Å²) in [5.41, 5.74) is 18.7. The molecule has 0 spiro atoms. The van der Waals surface area contributed by atoms with E-state index in [2.05, 4.69) is 153 Å². The summed E-state index contributed by atoms with van der Waals surface area (Å²) in [6, 6.07) is 64.2. The Morgan fingerprint density at radius 2 is 0.915 bits per heavy atom. The minimum Gasteiger partial charge on any atom is -0.456 e. The van der Waals surface area contributed by atoms with Gasteiger partial charge in [0.1, 0.15) is 28.0 Å². The van der Waals surface area contributed by atoms with Crippen molar-refractivity contribution in [1.82, 2.24) is 9.97 Å². The van der Waals surface area contributed by atoms with E-state index in [1.165, 1.54) is 38.9 Å². The molecule has 1 aliphatic rings. The number of fused-ring (bicyclic) bond motifs is 9. The zero-order chi connectivity index (χ0) is 39.2. The molecular weight excluding hydrogens is 721 g/mol. The molecule has 0 bridgehead atoms. The van der Waals surface area contributed by atoms with Crippen molar-refractivity contribution in [3.63, 3.8) is 0 Å². The number of nitrogens with zero attached hydrogens (tertiary/aromatic N) is 2. The smallest absolute Gasteiger partial charge is 0.180 e. The SMILES string of the molecule is CC1(C)c2cc(-c3ccccc3)ccc2-c2ccc(-c3ccc4oc5cccc(-c6nc(-c7ccccc7)c7oc8ccc(-c9ccccc9)cc8c7n6)c5c4c3)cc21. The van der Waals surface area contributed by atoms with Gasteiger partial charge in [-0.1, -0.05) is 153 Å². The molecule has 0 unspecified atom stereocenters. The zero-order valence-electron chi connectivity index (χ0n) is 32.5. The third-order valence-corrected chi connectivity index (χ3v) is 12.3. The molecule has 0 amide bonds. The van der Waals surface area contributed by atoms with Gasteiger partial charge in [-0.25, -0.2) is 9.97 Å². The molecule has 0 saturated heterocycles. The van der Waals surface area contributed by atoms with Crippen LogP contribution >= 0.6 is 0 Å². The molecule has 278 valence electrons. The Bertz CT molecular complexity index is 3450. The molecule has 0 fully saturated rings. The van der Waals surface area contributed by atoms with Gasteiger partial charge in [-0.15, -0.1) is 0 Å². The Balaban J connectivity index is 1.01. The van der Waals surface area contributed by atoms with E-state index in [0.717, 1.165) is 71.9 Å². The van der Waals surface area contributed by atoms with Crippen molar-refractivity contribution in [2.45, 2.75) is 19.3 Å². The van der Waals surface area contributed by atoms with Gasteiger partial charge >= 0.3 is 0 Å². The van der Waals surface area contributed by atoms with Gasteiger partial charge in [0.2, 0.25) is 0 Å². The highest BCUT2D eigenvalue weighted by atomic mass is 16.3. The molecule has 0 atom stereocenters. The molecule has 12 rings (SSSR count). The average molecular weight is 757 g/mol. The summed E-state index contributed by atoms with van der Waals surface area (Å²) in [5, 5.41) is 2.96. The Morgan fingerprint density at radius 3 is 1.56 bits per heavy atom. The zero-order valence-corrected chi connectivity index (χ0v) is 32.5. The average Bonchev–Trinajstić information content (AvgIpc) is 3.93. The summed E-state index contributed by atoms with van der Waals surface area (Å²) in [7, 11) is 0. The first-order chi connectivity index (χ1) is 29.0. The van der Waals surface area contributed by atoms with E-state index in [9.17, 15) is 0 Å². The number of rotatable bonds is 5. The second-order valence-electron chi connectivity index (χ2n) is 16.1. The van der Waals surface area contributed by atoms with Crippen LogP contribution < -0.4 is 0 Å². The molecular formula is C55H36N2O2. The van der Waals surface area contributed by atoms with E-state index in [1.807, 2.05) is 42.5 Å². The lowest BCUT2D eigenvalue weighted by Crippen LogP contribution is -2.15. The number of benzene rings is 8. The van der Waals surface area contributed by atoms with Crippen LogP contribution in [0.2, 0.25) is 0 Å². The fraction of sp³-hybridized carbons (Fsp3) is 0.0545. The molecule has 0 radical (unpaired) electrons. The normalized spacial score (nSPS) is 13.1. The molecule has 3 heterocycles. The van der Waals surface area contributed by atoms with Crippen molar-refractivity contribution < 1.29 is 8.83 Å². The van der Waals surface area contributed by atoms with Crippen LogP contribution in [0, 0.1) is 0 Å². The van der Waals surface area contributed by atoms with Crippen LogP contribution in [0.15, 0.2) is 191 Å². The quantitative estimate of drug-likeness (QED) is 0.175. The lowest BCUT2D eigenvalue weighted by atomic mass is 9.81. The van der Waals surface area contributed by atoms with Crippen molar-refractivity contribution in [3.8, 4) is 67.2 Å². The van der Waals surface area contributed by atoms with Gasteiger partial charge in [-0.05, 0) is 98.1 Å². The monoisotopic (exact) mass is 756 g/mol. The maximum atomic E-state index is 6.58. The molecule has 4 heteroatoms. The number of hydrogen-bond donors (Lipinski definition) is 0. The van der Waals surface area contributed by atoms with E-state index in [1.54, 1.807) is 0 Å². The molecule has 11 aromatic rings. The summed E-state index contributed by atoms with van der Waals surface area (Å²) in [5.74, 6) is 0.620.